The summed E-state index contributed by atoms with van der Waals surface area (Å²) in [6.07, 6.45) is 9.00. The van der Waals surface area contributed by atoms with Crippen molar-refractivity contribution in [1.82, 2.24) is 9.97 Å². The van der Waals surface area contributed by atoms with Crippen molar-refractivity contribution in [1.29, 1.82) is 0 Å². The highest BCUT2D eigenvalue weighted by Crippen LogP contribution is 1.93. The van der Waals surface area contributed by atoms with Crippen LogP contribution < -0.4 is 0 Å². The third-order valence-corrected chi connectivity index (χ3v) is 1.62. The zero-order valence-electron chi connectivity index (χ0n) is 7.45. The van der Waals surface area contributed by atoms with Crippen molar-refractivity contribution in [2.75, 3.05) is 6.54 Å². The fraction of sp³-hybridized carbons (Fsp3) is 0.556. The fourth-order valence-corrected chi connectivity index (χ4v) is 0.952. The fourth-order valence-electron chi connectivity index (χ4n) is 0.952. The van der Waals surface area contributed by atoms with Gasteiger partial charge in [0.2, 0.25) is 0 Å². The summed E-state index contributed by atoms with van der Waals surface area (Å²) in [5.41, 5.74) is 0. The van der Waals surface area contributed by atoms with Crippen LogP contribution in [0.1, 0.15) is 32.0 Å². The van der Waals surface area contributed by atoms with Gasteiger partial charge in [-0.3, -0.25) is 4.99 Å². The molecule has 0 spiro atoms. The Labute approximate surface area is 72.9 Å². The molecule has 0 fully saturated rings. The van der Waals surface area contributed by atoms with E-state index in [9.17, 15) is 0 Å². The molecule has 0 saturated heterocycles. The molecule has 3 nitrogen and oxygen atoms in total. The van der Waals surface area contributed by atoms with E-state index in [1.165, 1.54) is 19.3 Å². The zero-order chi connectivity index (χ0) is 8.65. The van der Waals surface area contributed by atoms with Gasteiger partial charge in [-0.25, -0.2) is 4.98 Å². The van der Waals surface area contributed by atoms with E-state index in [2.05, 4.69) is 21.9 Å². The Morgan fingerprint density at radius 3 is 3.17 bits per heavy atom. The third-order valence-electron chi connectivity index (χ3n) is 1.62. The number of aliphatic imine (C=N–C) groups is 1. The van der Waals surface area contributed by atoms with Crippen LogP contribution in [0.25, 0.3) is 0 Å². The molecule has 0 saturated carbocycles. The summed E-state index contributed by atoms with van der Waals surface area (Å²) >= 11 is 0. The first-order valence-electron chi connectivity index (χ1n) is 4.42. The maximum absolute atomic E-state index is 4.23. The number of hydrogen-bond donors (Lipinski definition) is 1. The molecule has 0 amide bonds. The van der Waals surface area contributed by atoms with E-state index in [1.807, 2.05) is 0 Å². The number of rotatable bonds is 5. The number of nitrogens with one attached hydrogen (secondary N) is 1. The summed E-state index contributed by atoms with van der Waals surface area (Å²) in [5.74, 6) is 0.839. The Kier molecular flexibility index (Phi) is 4.13. The molecule has 0 aliphatic rings. The lowest BCUT2D eigenvalue weighted by Gasteiger charge is -1.90. The smallest absolute Gasteiger partial charge is 0.147 e. The van der Waals surface area contributed by atoms with Crippen LogP contribution in [-0.2, 0) is 0 Å². The van der Waals surface area contributed by atoms with Gasteiger partial charge in [0.15, 0.2) is 0 Å². The van der Waals surface area contributed by atoms with Crippen LogP contribution in [0, 0.1) is 0 Å². The predicted octanol–water partition coefficient (Wildman–Crippen LogP) is 2.02. The average Bonchev–Trinajstić information content (AvgIpc) is 2.57. The van der Waals surface area contributed by atoms with Gasteiger partial charge in [-0.15, -0.1) is 0 Å². The van der Waals surface area contributed by atoms with Crippen LogP contribution in [0.5, 0.6) is 0 Å². The second-order valence-corrected chi connectivity index (χ2v) is 2.72. The molecule has 0 aliphatic carbocycles. The van der Waals surface area contributed by atoms with E-state index in [0.717, 1.165) is 12.4 Å². The van der Waals surface area contributed by atoms with Crippen molar-refractivity contribution in [3.05, 3.63) is 18.2 Å². The Morgan fingerprint density at radius 1 is 1.58 bits per heavy atom. The lowest BCUT2D eigenvalue weighted by molar-refractivity contribution is 0.729. The van der Waals surface area contributed by atoms with Crippen LogP contribution in [0.3, 0.4) is 0 Å². The quantitative estimate of drug-likeness (QED) is 0.526. The van der Waals surface area contributed by atoms with Crippen molar-refractivity contribution < 1.29 is 0 Å². The number of imidazole rings is 1. The molecule has 1 rings (SSSR count). The van der Waals surface area contributed by atoms with Crippen LogP contribution in [0.2, 0.25) is 0 Å². The molecule has 0 unspecified atom stereocenters. The number of aromatic amines is 1. The largest absolute Gasteiger partial charge is 0.344 e. The van der Waals surface area contributed by atoms with Crippen molar-refractivity contribution in [2.45, 2.75) is 26.2 Å². The highest BCUT2D eigenvalue weighted by molar-refractivity contribution is 5.74. The maximum Gasteiger partial charge on any atom is 0.147 e. The summed E-state index contributed by atoms with van der Waals surface area (Å²) in [6.45, 7) is 3.10. The monoisotopic (exact) mass is 165 g/mol. The lowest BCUT2D eigenvalue weighted by atomic mass is 10.2. The Hall–Kier alpha value is -1.12. The number of unbranched alkanes of at least 4 members (excludes halogenated alkanes) is 2. The van der Waals surface area contributed by atoms with E-state index in [4.69, 9.17) is 0 Å². The molecule has 1 aromatic rings. The second kappa shape index (κ2) is 5.52. The Morgan fingerprint density at radius 2 is 2.50 bits per heavy atom. The van der Waals surface area contributed by atoms with Gasteiger partial charge in [0, 0.05) is 18.9 Å². The summed E-state index contributed by atoms with van der Waals surface area (Å²) in [5, 5.41) is 0. The van der Waals surface area contributed by atoms with E-state index in [0.29, 0.717) is 0 Å². The van der Waals surface area contributed by atoms with Crippen molar-refractivity contribution in [3.8, 4) is 0 Å². The predicted molar refractivity (Wildman–Crippen MR) is 50.6 cm³/mol. The van der Waals surface area contributed by atoms with Crippen LogP contribution in [0.4, 0.5) is 0 Å². The number of hydrogen-bond acceptors (Lipinski definition) is 2. The summed E-state index contributed by atoms with van der Waals surface area (Å²) in [7, 11) is 0. The van der Waals surface area contributed by atoms with Gasteiger partial charge in [0.25, 0.3) is 0 Å². The first-order valence-corrected chi connectivity index (χ1v) is 4.42. The van der Waals surface area contributed by atoms with E-state index in [-0.39, 0.29) is 0 Å². The van der Waals surface area contributed by atoms with Gasteiger partial charge >= 0.3 is 0 Å². The zero-order valence-corrected chi connectivity index (χ0v) is 7.45. The van der Waals surface area contributed by atoms with Gasteiger partial charge in [-0.2, -0.15) is 0 Å². The molecule has 1 heterocycles. The van der Waals surface area contributed by atoms with Gasteiger partial charge in [-0.05, 0) is 6.42 Å². The molecule has 0 radical (unpaired) electrons. The van der Waals surface area contributed by atoms with Gasteiger partial charge in [-0.1, -0.05) is 19.8 Å². The number of aromatic nitrogens is 2. The first-order chi connectivity index (χ1) is 5.93. The molecule has 66 valence electrons. The molecule has 0 bridgehead atoms. The molecule has 0 atom stereocenters. The third kappa shape index (κ3) is 3.32. The van der Waals surface area contributed by atoms with Crippen LogP contribution in [-0.4, -0.2) is 22.7 Å². The Bertz CT molecular complexity index is 214. The van der Waals surface area contributed by atoms with Crippen molar-refractivity contribution >= 4 is 6.21 Å². The topological polar surface area (TPSA) is 41.0 Å². The molecular weight excluding hydrogens is 150 g/mol. The second-order valence-electron chi connectivity index (χ2n) is 2.72. The maximum atomic E-state index is 4.23. The van der Waals surface area contributed by atoms with Gasteiger partial charge < -0.3 is 4.98 Å². The lowest BCUT2D eigenvalue weighted by Crippen LogP contribution is -1.86. The minimum Gasteiger partial charge on any atom is -0.344 e. The van der Waals surface area contributed by atoms with E-state index >= 15 is 0 Å². The van der Waals surface area contributed by atoms with Crippen LogP contribution in [0.15, 0.2) is 17.4 Å². The van der Waals surface area contributed by atoms with Crippen LogP contribution >= 0.6 is 0 Å². The highest BCUT2D eigenvalue weighted by atomic mass is 14.9. The van der Waals surface area contributed by atoms with Crippen molar-refractivity contribution in [2.24, 2.45) is 4.99 Å². The van der Waals surface area contributed by atoms with Crippen molar-refractivity contribution in [3.63, 3.8) is 0 Å². The summed E-state index contributed by atoms with van der Waals surface area (Å²) < 4.78 is 0. The van der Waals surface area contributed by atoms with E-state index < -0.39 is 0 Å². The molecule has 1 aromatic heterocycles. The molecule has 3 heteroatoms. The number of nitrogens with zero attached hydrogens (tertiary/aromatic N) is 2. The summed E-state index contributed by atoms with van der Waals surface area (Å²) in [4.78, 5) is 11.2. The minimum absolute atomic E-state index is 0.839. The SMILES string of the molecule is CCCCCN=Cc1ncc[nH]1. The van der Waals surface area contributed by atoms with E-state index in [1.54, 1.807) is 18.6 Å². The molecule has 1 N–H and O–H groups in total. The summed E-state index contributed by atoms with van der Waals surface area (Å²) in [6, 6.07) is 0. The normalized spacial score (nSPS) is 11.1. The molecule has 0 aliphatic heterocycles. The Balaban J connectivity index is 2.14. The van der Waals surface area contributed by atoms with Gasteiger partial charge in [0.05, 0.1) is 6.21 Å². The molecular formula is C9H15N3. The molecule has 0 aromatic carbocycles. The van der Waals surface area contributed by atoms with Gasteiger partial charge in [0.1, 0.15) is 5.82 Å². The average molecular weight is 165 g/mol. The highest BCUT2D eigenvalue weighted by Gasteiger charge is 1.86. The standard InChI is InChI=1S/C9H15N3/c1-2-3-4-5-10-8-9-11-6-7-12-9/h6-8H,2-5H2,1H3,(H,11,12). The first kappa shape index (κ1) is 8.97. The number of H-pyrrole nitrogens is 1. The minimum atomic E-state index is 0.839. The molecule has 12 heavy (non-hydrogen) atoms.